The van der Waals surface area contributed by atoms with Gasteiger partial charge in [0.25, 0.3) is 0 Å². The molecule has 1 saturated heterocycles. The quantitative estimate of drug-likeness (QED) is 0.748. The third-order valence-electron chi connectivity index (χ3n) is 4.29. The molecule has 2 nitrogen and oxygen atoms in total. The van der Waals surface area contributed by atoms with Crippen LogP contribution in [-0.2, 0) is 0 Å². The molecule has 108 valence electrons. The van der Waals surface area contributed by atoms with Crippen LogP contribution in [0, 0.1) is 11.8 Å². The summed E-state index contributed by atoms with van der Waals surface area (Å²) in [6.45, 7) is 15.3. The number of nitrogens with one attached hydrogen (secondary N) is 1. The summed E-state index contributed by atoms with van der Waals surface area (Å²) in [7, 11) is 0. The Hall–Kier alpha value is -0.0800. The Morgan fingerprint density at radius 2 is 1.89 bits per heavy atom. The van der Waals surface area contributed by atoms with Gasteiger partial charge in [-0.1, -0.05) is 34.1 Å². The molecule has 0 radical (unpaired) electrons. The van der Waals surface area contributed by atoms with Crippen LogP contribution in [0.1, 0.15) is 60.3 Å². The second-order valence-corrected chi connectivity index (χ2v) is 6.60. The molecule has 3 unspecified atom stereocenters. The fourth-order valence-electron chi connectivity index (χ4n) is 3.03. The summed E-state index contributed by atoms with van der Waals surface area (Å²) in [4.78, 5) is 2.71. The molecule has 0 spiro atoms. The van der Waals surface area contributed by atoms with E-state index in [4.69, 9.17) is 0 Å². The molecule has 1 aliphatic heterocycles. The Labute approximate surface area is 115 Å². The lowest BCUT2D eigenvalue weighted by molar-refractivity contribution is 0.0970. The molecule has 18 heavy (non-hydrogen) atoms. The van der Waals surface area contributed by atoms with Crippen molar-refractivity contribution in [1.82, 2.24) is 10.2 Å². The zero-order chi connectivity index (χ0) is 13.5. The SMILES string of the molecule is CCCC1CC(NCC(C)C)CN(C(C)CC)C1. The van der Waals surface area contributed by atoms with E-state index in [0.29, 0.717) is 6.04 Å². The summed E-state index contributed by atoms with van der Waals surface area (Å²) in [6, 6.07) is 1.46. The lowest BCUT2D eigenvalue weighted by Crippen LogP contribution is -2.52. The third kappa shape index (κ3) is 5.27. The highest BCUT2D eigenvalue weighted by Gasteiger charge is 2.28. The van der Waals surface area contributed by atoms with Gasteiger partial charge in [0.1, 0.15) is 0 Å². The molecule has 0 aromatic rings. The standard InChI is InChI=1S/C16H34N2/c1-6-8-15-9-16(17-10-13(3)4)12-18(11-15)14(5)7-2/h13-17H,6-12H2,1-5H3. The zero-order valence-corrected chi connectivity index (χ0v) is 13.2. The van der Waals surface area contributed by atoms with Crippen molar-refractivity contribution in [3.8, 4) is 0 Å². The maximum atomic E-state index is 3.78. The van der Waals surface area contributed by atoms with Gasteiger partial charge in [-0.05, 0) is 44.6 Å². The highest BCUT2D eigenvalue weighted by molar-refractivity contribution is 4.85. The molecule has 0 amide bonds. The van der Waals surface area contributed by atoms with Crippen molar-refractivity contribution in [3.05, 3.63) is 0 Å². The summed E-state index contributed by atoms with van der Waals surface area (Å²) >= 11 is 0. The Bertz CT molecular complexity index is 215. The molecule has 1 rings (SSSR count). The van der Waals surface area contributed by atoms with Crippen LogP contribution in [0.3, 0.4) is 0 Å². The second-order valence-electron chi connectivity index (χ2n) is 6.60. The fourth-order valence-corrected chi connectivity index (χ4v) is 3.03. The van der Waals surface area contributed by atoms with Gasteiger partial charge < -0.3 is 5.32 Å². The molecule has 1 N–H and O–H groups in total. The second kappa shape index (κ2) is 8.16. The molecule has 0 bridgehead atoms. The van der Waals surface area contributed by atoms with Crippen LogP contribution in [0.5, 0.6) is 0 Å². The smallest absolute Gasteiger partial charge is 0.0198 e. The molecular weight excluding hydrogens is 220 g/mol. The molecule has 0 saturated carbocycles. The van der Waals surface area contributed by atoms with E-state index < -0.39 is 0 Å². The van der Waals surface area contributed by atoms with E-state index in [1.807, 2.05) is 0 Å². The molecule has 0 aromatic carbocycles. The van der Waals surface area contributed by atoms with Gasteiger partial charge in [0, 0.05) is 25.2 Å². The lowest BCUT2D eigenvalue weighted by atomic mass is 9.89. The van der Waals surface area contributed by atoms with Crippen molar-refractivity contribution < 1.29 is 0 Å². The van der Waals surface area contributed by atoms with Crippen LogP contribution in [-0.4, -0.2) is 36.6 Å². The minimum atomic E-state index is 0.715. The molecule has 2 heteroatoms. The van der Waals surface area contributed by atoms with Crippen LogP contribution in [0.2, 0.25) is 0 Å². The van der Waals surface area contributed by atoms with E-state index in [1.54, 1.807) is 0 Å². The summed E-state index contributed by atoms with van der Waals surface area (Å²) in [5.74, 6) is 1.66. The number of rotatable bonds is 7. The number of hydrogen-bond acceptors (Lipinski definition) is 2. The first-order chi connectivity index (χ1) is 8.56. The van der Waals surface area contributed by atoms with Gasteiger partial charge in [-0.15, -0.1) is 0 Å². The molecule has 0 aliphatic carbocycles. The van der Waals surface area contributed by atoms with Crippen molar-refractivity contribution in [3.63, 3.8) is 0 Å². The number of likely N-dealkylation sites (tertiary alicyclic amines) is 1. The van der Waals surface area contributed by atoms with Crippen molar-refractivity contribution >= 4 is 0 Å². The monoisotopic (exact) mass is 254 g/mol. The van der Waals surface area contributed by atoms with Crippen LogP contribution in [0.25, 0.3) is 0 Å². The van der Waals surface area contributed by atoms with Crippen LogP contribution >= 0.6 is 0 Å². The molecule has 3 atom stereocenters. The van der Waals surface area contributed by atoms with E-state index in [9.17, 15) is 0 Å². The van der Waals surface area contributed by atoms with E-state index in [-0.39, 0.29) is 0 Å². The Morgan fingerprint density at radius 1 is 1.17 bits per heavy atom. The molecule has 1 heterocycles. The predicted molar refractivity (Wildman–Crippen MR) is 81.0 cm³/mol. The normalized spacial score (nSPS) is 27.7. The maximum Gasteiger partial charge on any atom is 0.0198 e. The number of hydrogen-bond donors (Lipinski definition) is 1. The predicted octanol–water partition coefficient (Wildman–Crippen LogP) is 3.52. The fraction of sp³-hybridized carbons (Fsp3) is 1.00. The summed E-state index contributed by atoms with van der Waals surface area (Å²) in [5, 5.41) is 3.78. The first kappa shape index (κ1) is 16.0. The van der Waals surface area contributed by atoms with Crippen LogP contribution in [0.4, 0.5) is 0 Å². The van der Waals surface area contributed by atoms with E-state index in [2.05, 4.69) is 44.8 Å². The van der Waals surface area contributed by atoms with Crippen molar-refractivity contribution in [1.29, 1.82) is 0 Å². The highest BCUT2D eigenvalue weighted by Crippen LogP contribution is 2.23. The average molecular weight is 254 g/mol. The first-order valence-electron chi connectivity index (χ1n) is 8.04. The zero-order valence-electron chi connectivity index (χ0n) is 13.2. The summed E-state index contributed by atoms with van der Waals surface area (Å²) in [6.07, 6.45) is 5.38. The van der Waals surface area contributed by atoms with Gasteiger partial charge in [0.05, 0.1) is 0 Å². The average Bonchev–Trinajstić information content (AvgIpc) is 2.35. The molecule has 0 aromatic heterocycles. The minimum absolute atomic E-state index is 0.715. The van der Waals surface area contributed by atoms with E-state index >= 15 is 0 Å². The maximum absolute atomic E-state index is 3.78. The molecular formula is C16H34N2. The number of piperidine rings is 1. The molecule has 1 aliphatic rings. The Kier molecular flexibility index (Phi) is 7.25. The lowest BCUT2D eigenvalue weighted by Gasteiger charge is -2.41. The van der Waals surface area contributed by atoms with Gasteiger partial charge in [0.15, 0.2) is 0 Å². The number of nitrogens with zero attached hydrogens (tertiary/aromatic N) is 1. The van der Waals surface area contributed by atoms with Crippen LogP contribution in [0.15, 0.2) is 0 Å². The summed E-state index contributed by atoms with van der Waals surface area (Å²) < 4.78 is 0. The third-order valence-corrected chi connectivity index (χ3v) is 4.29. The van der Waals surface area contributed by atoms with Crippen molar-refractivity contribution in [2.75, 3.05) is 19.6 Å². The molecule has 1 fully saturated rings. The highest BCUT2D eigenvalue weighted by atomic mass is 15.2. The van der Waals surface area contributed by atoms with Crippen molar-refractivity contribution in [2.24, 2.45) is 11.8 Å². The Balaban J connectivity index is 2.50. The van der Waals surface area contributed by atoms with Gasteiger partial charge in [-0.2, -0.15) is 0 Å². The Morgan fingerprint density at radius 3 is 2.44 bits per heavy atom. The van der Waals surface area contributed by atoms with E-state index in [1.165, 1.54) is 38.8 Å². The van der Waals surface area contributed by atoms with E-state index in [0.717, 1.165) is 24.4 Å². The largest absolute Gasteiger partial charge is 0.312 e. The van der Waals surface area contributed by atoms with Crippen molar-refractivity contribution in [2.45, 2.75) is 72.4 Å². The van der Waals surface area contributed by atoms with Gasteiger partial charge in [-0.25, -0.2) is 0 Å². The topological polar surface area (TPSA) is 15.3 Å². The van der Waals surface area contributed by atoms with Gasteiger partial charge in [0.2, 0.25) is 0 Å². The first-order valence-corrected chi connectivity index (χ1v) is 8.04. The van der Waals surface area contributed by atoms with Crippen LogP contribution < -0.4 is 5.32 Å². The minimum Gasteiger partial charge on any atom is -0.312 e. The van der Waals surface area contributed by atoms with Gasteiger partial charge in [-0.3, -0.25) is 4.90 Å². The summed E-state index contributed by atoms with van der Waals surface area (Å²) in [5.41, 5.74) is 0. The van der Waals surface area contributed by atoms with Gasteiger partial charge >= 0.3 is 0 Å².